The highest BCUT2D eigenvalue weighted by Crippen LogP contribution is 2.40. The van der Waals surface area contributed by atoms with Crippen molar-refractivity contribution in [3.8, 4) is 11.3 Å². The molecule has 194 valence electrons. The van der Waals surface area contributed by atoms with E-state index in [0.29, 0.717) is 45.0 Å². The van der Waals surface area contributed by atoms with Crippen LogP contribution in [0, 0.1) is 5.41 Å². The number of urea groups is 1. The van der Waals surface area contributed by atoms with Gasteiger partial charge in [-0.15, -0.1) is 0 Å². The Morgan fingerprint density at radius 1 is 1.08 bits per heavy atom. The molecular weight excluding hydrogens is 468 g/mol. The van der Waals surface area contributed by atoms with Crippen molar-refractivity contribution >= 4 is 6.03 Å². The highest BCUT2D eigenvalue weighted by atomic mass is 16.5. The van der Waals surface area contributed by atoms with Crippen LogP contribution in [0.5, 0.6) is 0 Å². The predicted molar refractivity (Wildman–Crippen MR) is 141 cm³/mol. The van der Waals surface area contributed by atoms with Gasteiger partial charge in [0.25, 0.3) is 5.56 Å². The number of carbonyl (C=O) groups excluding carboxylic acids is 1. The molecule has 0 bridgehead atoms. The molecule has 0 unspecified atom stereocenters. The number of nitrogens with zero attached hydrogens (tertiary/aromatic N) is 4. The molecule has 0 saturated carbocycles. The van der Waals surface area contributed by atoms with E-state index in [0.717, 1.165) is 11.1 Å². The average Bonchev–Trinajstić information content (AvgIpc) is 2.92. The second-order valence-electron chi connectivity index (χ2n) is 10.7. The maximum atomic E-state index is 13.7. The Kier molecular flexibility index (Phi) is 6.88. The molecule has 2 saturated heterocycles. The zero-order chi connectivity index (χ0) is 26.0. The van der Waals surface area contributed by atoms with E-state index < -0.39 is 11.0 Å². The van der Waals surface area contributed by atoms with Crippen molar-refractivity contribution in [1.29, 1.82) is 0 Å². The van der Waals surface area contributed by atoms with Crippen LogP contribution in [0.1, 0.15) is 31.9 Å². The average molecular weight is 503 g/mol. The second-order valence-corrected chi connectivity index (χ2v) is 10.7. The first-order valence-electron chi connectivity index (χ1n) is 12.8. The highest BCUT2D eigenvalue weighted by molar-refractivity contribution is 5.75. The molecule has 2 atom stereocenters. The van der Waals surface area contributed by atoms with E-state index in [-0.39, 0.29) is 24.2 Å². The minimum atomic E-state index is -1.17. The maximum absolute atomic E-state index is 13.7. The number of hydrogen-bond donors (Lipinski definition) is 1. The van der Waals surface area contributed by atoms with Crippen LogP contribution in [0.25, 0.3) is 11.3 Å². The summed E-state index contributed by atoms with van der Waals surface area (Å²) in [4.78, 5) is 34.8. The minimum Gasteiger partial charge on any atom is -0.387 e. The van der Waals surface area contributed by atoms with E-state index in [1.165, 1.54) is 17.0 Å². The Labute approximate surface area is 217 Å². The Balaban J connectivity index is 1.31. The highest BCUT2D eigenvalue weighted by Gasteiger charge is 2.50. The van der Waals surface area contributed by atoms with Crippen LogP contribution in [0.4, 0.5) is 4.79 Å². The smallest absolute Gasteiger partial charge is 0.320 e. The van der Waals surface area contributed by atoms with Crippen LogP contribution in [0.15, 0.2) is 77.9 Å². The van der Waals surface area contributed by atoms with Crippen LogP contribution in [-0.4, -0.2) is 68.9 Å². The van der Waals surface area contributed by atoms with Gasteiger partial charge in [0.05, 0.1) is 43.4 Å². The number of morpholine rings is 1. The summed E-state index contributed by atoms with van der Waals surface area (Å²) < 4.78 is 7.17. The van der Waals surface area contributed by atoms with Crippen LogP contribution in [-0.2, 0) is 11.3 Å². The molecule has 2 amide bonds. The lowest BCUT2D eigenvalue weighted by molar-refractivity contribution is -0.123. The van der Waals surface area contributed by atoms with Gasteiger partial charge in [0.2, 0.25) is 0 Å². The molecule has 0 radical (unpaired) electrons. The number of hydrogen-bond acceptors (Lipinski definition) is 5. The van der Waals surface area contributed by atoms with E-state index in [1.54, 1.807) is 0 Å². The molecule has 8 heteroatoms. The second kappa shape index (κ2) is 10.1. The van der Waals surface area contributed by atoms with E-state index >= 15 is 0 Å². The summed E-state index contributed by atoms with van der Waals surface area (Å²) in [5, 5.41) is 11.7. The molecule has 0 spiro atoms. The molecule has 5 rings (SSSR count). The summed E-state index contributed by atoms with van der Waals surface area (Å²) in [5.74, 6) is 0. The first-order chi connectivity index (χ1) is 17.8. The van der Waals surface area contributed by atoms with Gasteiger partial charge in [-0.1, -0.05) is 74.5 Å². The number of aliphatic hydroxyl groups is 1. The number of piperidine rings is 1. The third-order valence-corrected chi connectivity index (χ3v) is 7.85. The number of likely N-dealkylation sites (tertiary alicyclic amines) is 1. The zero-order valence-electron chi connectivity index (χ0n) is 21.4. The first kappa shape index (κ1) is 25.2. The van der Waals surface area contributed by atoms with Crippen LogP contribution in [0.3, 0.4) is 0 Å². The fourth-order valence-corrected chi connectivity index (χ4v) is 5.38. The molecule has 0 aliphatic carbocycles. The van der Waals surface area contributed by atoms with Crippen molar-refractivity contribution in [1.82, 2.24) is 19.4 Å². The van der Waals surface area contributed by atoms with Gasteiger partial charge in [0.1, 0.15) is 0 Å². The fraction of sp³-hybridized carbons (Fsp3) is 0.414. The van der Waals surface area contributed by atoms with Crippen molar-refractivity contribution in [3.63, 3.8) is 0 Å². The number of rotatable bonds is 4. The molecule has 8 nitrogen and oxygen atoms in total. The SMILES string of the molecule is CC1(C)CN(C(=O)N2CCOC[C@H]2c2ccccc2)CC[C@@]1(O)Cn1cnc(-c2ccccc2)cc1=O. The molecule has 1 aromatic heterocycles. The standard InChI is InChI=1S/C29H34N4O4/c1-28(2)19-31(27(35)33-15-16-37-18-25(33)23-11-7-4-8-12-23)14-13-29(28,36)20-32-21-30-24(17-26(32)34)22-9-5-3-6-10-22/h3-12,17,21,25,36H,13-16,18-20H2,1-2H3/t25-,29+/m0/s1. The molecule has 3 aromatic rings. The van der Waals surface area contributed by atoms with Gasteiger partial charge in [-0.25, -0.2) is 9.78 Å². The maximum Gasteiger partial charge on any atom is 0.320 e. The molecule has 3 heterocycles. The monoisotopic (exact) mass is 502 g/mol. The van der Waals surface area contributed by atoms with Crippen molar-refractivity contribution in [2.24, 2.45) is 5.41 Å². The quantitative estimate of drug-likeness (QED) is 0.589. The lowest BCUT2D eigenvalue weighted by Gasteiger charge is -2.51. The van der Waals surface area contributed by atoms with Gasteiger partial charge in [-0.05, 0) is 12.0 Å². The summed E-state index contributed by atoms with van der Waals surface area (Å²) in [6.07, 6.45) is 1.87. The van der Waals surface area contributed by atoms with Gasteiger partial charge in [0, 0.05) is 36.7 Å². The van der Waals surface area contributed by atoms with Gasteiger partial charge in [-0.3, -0.25) is 9.36 Å². The topological polar surface area (TPSA) is 87.9 Å². The van der Waals surface area contributed by atoms with E-state index in [9.17, 15) is 14.7 Å². The van der Waals surface area contributed by atoms with Crippen LogP contribution >= 0.6 is 0 Å². The molecule has 2 aliphatic rings. The Morgan fingerprint density at radius 3 is 2.46 bits per heavy atom. The van der Waals surface area contributed by atoms with Crippen molar-refractivity contribution < 1.29 is 14.6 Å². The van der Waals surface area contributed by atoms with Gasteiger partial charge in [0.15, 0.2) is 0 Å². The Hall–Kier alpha value is -3.49. The summed E-state index contributed by atoms with van der Waals surface area (Å²) in [6.45, 7) is 6.31. The number of benzene rings is 2. The molecular formula is C29H34N4O4. The third kappa shape index (κ3) is 5.04. The fourth-order valence-electron chi connectivity index (χ4n) is 5.38. The molecule has 2 aliphatic heterocycles. The molecule has 2 aromatic carbocycles. The largest absolute Gasteiger partial charge is 0.387 e. The first-order valence-corrected chi connectivity index (χ1v) is 12.8. The van der Waals surface area contributed by atoms with Gasteiger partial charge < -0.3 is 19.6 Å². The van der Waals surface area contributed by atoms with E-state index in [1.807, 2.05) is 84.3 Å². The molecule has 37 heavy (non-hydrogen) atoms. The number of amides is 2. The van der Waals surface area contributed by atoms with E-state index in [2.05, 4.69) is 4.98 Å². The van der Waals surface area contributed by atoms with Gasteiger partial charge in [-0.2, -0.15) is 0 Å². The lowest BCUT2D eigenvalue weighted by Crippen LogP contribution is -2.62. The molecule has 1 N–H and O–H groups in total. The summed E-state index contributed by atoms with van der Waals surface area (Å²) >= 11 is 0. The Bertz CT molecular complexity index is 1290. The van der Waals surface area contributed by atoms with Crippen molar-refractivity contribution in [2.75, 3.05) is 32.8 Å². The van der Waals surface area contributed by atoms with Crippen molar-refractivity contribution in [3.05, 3.63) is 89.0 Å². The number of ether oxygens (including phenoxy) is 1. The lowest BCUT2D eigenvalue weighted by atomic mass is 9.70. The van der Waals surface area contributed by atoms with E-state index in [4.69, 9.17) is 4.74 Å². The predicted octanol–water partition coefficient (Wildman–Crippen LogP) is 3.57. The number of carbonyl (C=O) groups is 1. The summed E-state index contributed by atoms with van der Waals surface area (Å²) in [6, 6.07) is 20.8. The summed E-state index contributed by atoms with van der Waals surface area (Å²) in [7, 11) is 0. The zero-order valence-corrected chi connectivity index (χ0v) is 21.4. The van der Waals surface area contributed by atoms with Gasteiger partial charge >= 0.3 is 6.03 Å². The third-order valence-electron chi connectivity index (χ3n) is 7.85. The minimum absolute atomic E-state index is 0.0432. The summed E-state index contributed by atoms with van der Waals surface area (Å²) in [5.41, 5.74) is 0.492. The number of aromatic nitrogens is 2. The van der Waals surface area contributed by atoms with Crippen LogP contribution < -0.4 is 5.56 Å². The van der Waals surface area contributed by atoms with Crippen LogP contribution in [0.2, 0.25) is 0 Å². The molecule has 2 fully saturated rings. The normalized spacial score (nSPS) is 23.6. The Morgan fingerprint density at radius 2 is 1.78 bits per heavy atom. The van der Waals surface area contributed by atoms with Crippen molar-refractivity contribution in [2.45, 2.75) is 38.5 Å².